The zero-order valence-corrected chi connectivity index (χ0v) is 23.1. The summed E-state index contributed by atoms with van der Waals surface area (Å²) in [5.74, 6) is -0.657. The van der Waals surface area contributed by atoms with Crippen molar-refractivity contribution < 1.29 is 27.9 Å². The molecule has 2 heterocycles. The lowest BCUT2D eigenvalue weighted by Gasteiger charge is -2.42. The minimum atomic E-state index is -3.91. The van der Waals surface area contributed by atoms with E-state index in [2.05, 4.69) is 9.71 Å². The topological polar surface area (TPSA) is 131 Å². The molecule has 1 fully saturated rings. The highest BCUT2D eigenvalue weighted by Crippen LogP contribution is 2.36. The average molecular weight is 555 g/mol. The summed E-state index contributed by atoms with van der Waals surface area (Å²) in [5.41, 5.74) is 0.884. The summed E-state index contributed by atoms with van der Waals surface area (Å²) in [5, 5.41) is 9.43. The molecule has 208 valence electrons. The van der Waals surface area contributed by atoms with Gasteiger partial charge in [-0.05, 0) is 62.1 Å². The number of Topliss-reactive ketones (excluding diaryl/α,β-unsaturated/α-hetero) is 1. The number of phenolic OH excluding ortho intramolecular Hbond substituents is 1. The van der Waals surface area contributed by atoms with Crippen molar-refractivity contribution in [2.45, 2.75) is 62.6 Å². The highest BCUT2D eigenvalue weighted by Gasteiger charge is 2.48. The molecule has 4 rings (SSSR count). The van der Waals surface area contributed by atoms with Gasteiger partial charge in [0.05, 0.1) is 12.0 Å². The van der Waals surface area contributed by atoms with Gasteiger partial charge in [0, 0.05) is 31.9 Å². The number of benzene rings is 2. The van der Waals surface area contributed by atoms with E-state index in [-0.39, 0.29) is 28.7 Å². The number of phenols is 1. The van der Waals surface area contributed by atoms with Gasteiger partial charge in [-0.2, -0.15) is 8.42 Å². The van der Waals surface area contributed by atoms with E-state index >= 15 is 0 Å². The van der Waals surface area contributed by atoms with Crippen molar-refractivity contribution in [1.82, 2.24) is 9.55 Å². The van der Waals surface area contributed by atoms with Gasteiger partial charge in [-0.25, -0.2) is 9.78 Å². The average Bonchev–Trinajstić information content (AvgIpc) is 3.33. The molecule has 0 aliphatic carbocycles. The van der Waals surface area contributed by atoms with Crippen molar-refractivity contribution in [1.29, 1.82) is 0 Å². The standard InChI is InChI=1S/C28H34N4O6S/c1-4-14-28(15-13-20-9-11-23(33)12-10-20)17-24(34)26(27(35)38-28)32(5-2)22-8-6-7-21(16-22)30-39(36,37)25-18-31(3)19-29-25/h6-12,16,18-19,26,30,33H,4-5,13-15,17H2,1-3H3. The number of ketones is 1. The van der Waals surface area contributed by atoms with Crippen LogP contribution in [0.2, 0.25) is 0 Å². The molecule has 1 aliphatic rings. The number of esters is 1. The number of rotatable bonds is 11. The second kappa shape index (κ2) is 11.5. The SMILES string of the molecule is CCCC1(CCc2ccc(O)cc2)CC(=O)C(N(CC)c2cccc(NS(=O)(=O)c3cn(C)cn3)c2)C(=O)O1. The van der Waals surface area contributed by atoms with E-state index < -0.39 is 27.6 Å². The number of ether oxygens (including phenoxy) is 1. The number of likely N-dealkylation sites (N-methyl/N-ethyl adjacent to an activating group) is 1. The van der Waals surface area contributed by atoms with Crippen LogP contribution in [0, 0.1) is 0 Å². The molecular formula is C28H34N4O6S. The van der Waals surface area contributed by atoms with Crippen LogP contribution >= 0.6 is 0 Å². The number of cyclic esters (lactones) is 1. The minimum Gasteiger partial charge on any atom is -0.508 e. The monoisotopic (exact) mass is 554 g/mol. The van der Waals surface area contributed by atoms with Crippen LogP contribution in [0.5, 0.6) is 5.75 Å². The van der Waals surface area contributed by atoms with Gasteiger partial charge >= 0.3 is 5.97 Å². The molecule has 1 aliphatic heterocycles. The third-order valence-corrected chi connectivity index (χ3v) is 8.16. The molecule has 0 saturated carbocycles. The lowest BCUT2D eigenvalue weighted by atomic mass is 9.82. The molecule has 2 unspecified atom stereocenters. The Balaban J connectivity index is 1.52. The normalized spacial score (nSPS) is 19.5. The predicted molar refractivity (Wildman–Crippen MR) is 147 cm³/mol. The number of imidazole rings is 1. The van der Waals surface area contributed by atoms with Crippen molar-refractivity contribution in [3.63, 3.8) is 0 Å². The van der Waals surface area contributed by atoms with Gasteiger partial charge in [-0.3, -0.25) is 9.52 Å². The second-order valence-electron chi connectivity index (χ2n) is 9.89. The lowest BCUT2D eigenvalue weighted by Crippen LogP contribution is -2.57. The van der Waals surface area contributed by atoms with Crippen LogP contribution in [0.3, 0.4) is 0 Å². The van der Waals surface area contributed by atoms with Crippen LogP contribution in [0.1, 0.15) is 45.1 Å². The number of hydrogen-bond donors (Lipinski definition) is 2. The Morgan fingerprint density at radius 1 is 1.15 bits per heavy atom. The highest BCUT2D eigenvalue weighted by molar-refractivity contribution is 7.92. The Hall–Kier alpha value is -3.86. The number of carbonyl (C=O) groups excluding carboxylic acids is 2. The van der Waals surface area contributed by atoms with Gasteiger partial charge in [0.1, 0.15) is 11.4 Å². The van der Waals surface area contributed by atoms with E-state index in [1.807, 2.05) is 26.0 Å². The van der Waals surface area contributed by atoms with Crippen molar-refractivity contribution in [2.24, 2.45) is 7.05 Å². The molecule has 0 spiro atoms. The van der Waals surface area contributed by atoms with Gasteiger partial charge in [0.2, 0.25) is 0 Å². The smallest absolute Gasteiger partial charge is 0.337 e. The minimum absolute atomic E-state index is 0.0951. The molecule has 2 aromatic carbocycles. The molecule has 0 bridgehead atoms. The predicted octanol–water partition coefficient (Wildman–Crippen LogP) is 3.81. The molecule has 10 nitrogen and oxygen atoms in total. The summed E-state index contributed by atoms with van der Waals surface area (Å²) in [7, 11) is -2.24. The van der Waals surface area contributed by atoms with E-state index in [9.17, 15) is 23.1 Å². The first-order valence-electron chi connectivity index (χ1n) is 13.0. The van der Waals surface area contributed by atoms with E-state index in [4.69, 9.17) is 4.74 Å². The zero-order valence-electron chi connectivity index (χ0n) is 22.3. The molecule has 39 heavy (non-hydrogen) atoms. The summed E-state index contributed by atoms with van der Waals surface area (Å²) in [6, 6.07) is 12.3. The fraction of sp³-hybridized carbons (Fsp3) is 0.393. The molecule has 11 heteroatoms. The first-order chi connectivity index (χ1) is 18.6. The van der Waals surface area contributed by atoms with Crippen molar-refractivity contribution in [3.05, 3.63) is 66.6 Å². The summed E-state index contributed by atoms with van der Waals surface area (Å²) in [4.78, 5) is 32.5. The molecule has 2 atom stereocenters. The van der Waals surface area contributed by atoms with Gasteiger partial charge in [0.25, 0.3) is 10.0 Å². The summed E-state index contributed by atoms with van der Waals surface area (Å²) >= 11 is 0. The number of aromatic nitrogens is 2. The van der Waals surface area contributed by atoms with Crippen LogP contribution in [0.25, 0.3) is 0 Å². The second-order valence-corrected chi connectivity index (χ2v) is 11.5. The Morgan fingerprint density at radius 3 is 2.51 bits per heavy atom. The Morgan fingerprint density at radius 2 is 1.90 bits per heavy atom. The van der Waals surface area contributed by atoms with Gasteiger partial charge in [-0.1, -0.05) is 31.5 Å². The van der Waals surface area contributed by atoms with Crippen LogP contribution in [-0.4, -0.2) is 53.0 Å². The summed E-state index contributed by atoms with van der Waals surface area (Å²) in [6.07, 6.45) is 5.29. The van der Waals surface area contributed by atoms with Crippen LogP contribution in [0.15, 0.2) is 66.1 Å². The number of hydrogen-bond acceptors (Lipinski definition) is 8. The van der Waals surface area contributed by atoms with Crippen molar-refractivity contribution in [3.8, 4) is 5.75 Å². The molecule has 3 aromatic rings. The fourth-order valence-corrected chi connectivity index (χ4v) is 6.08. The quantitative estimate of drug-likeness (QED) is 0.270. The van der Waals surface area contributed by atoms with E-state index in [1.54, 1.807) is 48.3 Å². The maximum Gasteiger partial charge on any atom is 0.337 e. The van der Waals surface area contributed by atoms with Gasteiger partial charge < -0.3 is 19.3 Å². The highest BCUT2D eigenvalue weighted by atomic mass is 32.2. The largest absolute Gasteiger partial charge is 0.508 e. The molecule has 0 radical (unpaired) electrons. The number of anilines is 2. The number of nitrogens with one attached hydrogen (secondary N) is 1. The maximum absolute atomic E-state index is 13.5. The van der Waals surface area contributed by atoms with Crippen LogP contribution in [-0.2, 0) is 37.8 Å². The first kappa shape index (κ1) is 28.2. The van der Waals surface area contributed by atoms with Gasteiger partial charge in [-0.15, -0.1) is 0 Å². The summed E-state index contributed by atoms with van der Waals surface area (Å²) in [6.45, 7) is 4.14. The van der Waals surface area contributed by atoms with Crippen LogP contribution < -0.4 is 9.62 Å². The van der Waals surface area contributed by atoms with E-state index in [0.717, 1.165) is 12.0 Å². The molecule has 1 aromatic heterocycles. The molecule has 2 N–H and O–H groups in total. The Labute approximate surface area is 228 Å². The Kier molecular flexibility index (Phi) is 8.29. The van der Waals surface area contributed by atoms with Crippen LogP contribution in [0.4, 0.5) is 11.4 Å². The number of nitrogens with zero attached hydrogens (tertiary/aromatic N) is 3. The zero-order chi connectivity index (χ0) is 28.2. The summed E-state index contributed by atoms with van der Waals surface area (Å²) < 4.78 is 35.6. The van der Waals surface area contributed by atoms with Gasteiger partial charge in [0.15, 0.2) is 16.9 Å². The molecule has 1 saturated heterocycles. The molecular weight excluding hydrogens is 520 g/mol. The fourth-order valence-electron chi connectivity index (χ4n) is 5.04. The third kappa shape index (κ3) is 6.42. The van der Waals surface area contributed by atoms with E-state index in [1.165, 1.54) is 17.1 Å². The van der Waals surface area contributed by atoms with Crippen molar-refractivity contribution in [2.75, 3.05) is 16.2 Å². The third-order valence-electron chi connectivity index (χ3n) is 6.89. The number of aryl methyl sites for hydroxylation is 2. The number of aromatic hydroxyl groups is 1. The lowest BCUT2D eigenvalue weighted by molar-refractivity contribution is -0.174. The number of carbonyl (C=O) groups is 2. The van der Waals surface area contributed by atoms with E-state index in [0.29, 0.717) is 31.5 Å². The maximum atomic E-state index is 13.5. The Bertz CT molecular complexity index is 1420. The first-order valence-corrected chi connectivity index (χ1v) is 14.4. The van der Waals surface area contributed by atoms with Crippen molar-refractivity contribution >= 4 is 33.2 Å². The molecule has 0 amide bonds. The number of sulfonamides is 1.